The third-order valence-electron chi connectivity index (χ3n) is 2.12. The monoisotopic (exact) mass is 264 g/mol. The Labute approximate surface area is 98.5 Å². The number of benzene rings is 1. The Bertz CT molecular complexity index is 416. The molecule has 2 N–H and O–H groups in total. The second kappa shape index (κ2) is 5.57. The number of hydrogen-bond acceptors (Lipinski definition) is 2. The van der Waals surface area contributed by atoms with Gasteiger partial charge >= 0.3 is 0 Å². The van der Waals surface area contributed by atoms with Crippen LogP contribution in [0.2, 0.25) is 0 Å². The zero-order chi connectivity index (χ0) is 11.3. The van der Waals surface area contributed by atoms with Gasteiger partial charge in [-0.05, 0) is 12.5 Å². The molecule has 1 rings (SSSR count). The second-order valence-electron chi connectivity index (χ2n) is 3.23. The number of allylic oxidation sites excluding steroid dienone is 1. The van der Waals surface area contributed by atoms with Gasteiger partial charge in [0.05, 0.1) is 17.3 Å². The smallest absolute Gasteiger partial charge is 0.0968 e. The van der Waals surface area contributed by atoms with E-state index in [-0.39, 0.29) is 0 Å². The number of rotatable bonds is 3. The summed E-state index contributed by atoms with van der Waals surface area (Å²) in [6, 6.07) is 9.83. The summed E-state index contributed by atoms with van der Waals surface area (Å²) in [5.41, 5.74) is 8.09. The zero-order valence-corrected chi connectivity index (χ0v) is 10.2. The molecule has 2 nitrogen and oxygen atoms in total. The van der Waals surface area contributed by atoms with E-state index in [4.69, 9.17) is 11.0 Å². The van der Waals surface area contributed by atoms with Crippen LogP contribution in [0.5, 0.6) is 0 Å². The Morgan fingerprint density at radius 3 is 2.67 bits per heavy atom. The van der Waals surface area contributed by atoms with E-state index in [9.17, 15) is 0 Å². The highest BCUT2D eigenvalue weighted by atomic mass is 79.9. The van der Waals surface area contributed by atoms with E-state index in [1.54, 1.807) is 0 Å². The van der Waals surface area contributed by atoms with Gasteiger partial charge in [-0.25, -0.2) is 0 Å². The van der Waals surface area contributed by atoms with E-state index < -0.39 is 0 Å². The molecule has 0 unspecified atom stereocenters. The van der Waals surface area contributed by atoms with Crippen molar-refractivity contribution < 1.29 is 0 Å². The highest BCUT2D eigenvalue weighted by molar-refractivity contribution is 9.10. The van der Waals surface area contributed by atoms with Crippen LogP contribution in [0.1, 0.15) is 25.3 Å². The van der Waals surface area contributed by atoms with E-state index >= 15 is 0 Å². The summed E-state index contributed by atoms with van der Waals surface area (Å²) < 4.78 is 0.923. The van der Waals surface area contributed by atoms with Crippen LogP contribution in [0, 0.1) is 11.3 Å². The molecule has 1 aromatic rings. The summed E-state index contributed by atoms with van der Waals surface area (Å²) in [6.07, 6.45) is 1.65. The van der Waals surface area contributed by atoms with Crippen molar-refractivity contribution >= 4 is 21.6 Å². The van der Waals surface area contributed by atoms with Crippen molar-refractivity contribution in [2.75, 3.05) is 0 Å². The van der Waals surface area contributed by atoms with Crippen molar-refractivity contribution in [2.24, 2.45) is 5.73 Å². The number of nitrogens with zero attached hydrogens (tertiary/aromatic N) is 1. The van der Waals surface area contributed by atoms with Crippen LogP contribution in [-0.2, 0) is 0 Å². The third-order valence-corrected chi connectivity index (χ3v) is 2.82. The molecule has 78 valence electrons. The summed E-state index contributed by atoms with van der Waals surface area (Å²) in [5.74, 6) is 0. The summed E-state index contributed by atoms with van der Waals surface area (Å²) in [6.45, 7) is 2.03. The molecule has 0 aliphatic heterocycles. The Morgan fingerprint density at radius 2 is 2.13 bits per heavy atom. The Hall–Kier alpha value is -1.27. The lowest BCUT2D eigenvalue weighted by Crippen LogP contribution is -2.01. The van der Waals surface area contributed by atoms with Crippen LogP contribution in [0.25, 0.3) is 5.70 Å². The fourth-order valence-corrected chi connectivity index (χ4v) is 1.84. The van der Waals surface area contributed by atoms with Crippen molar-refractivity contribution in [1.29, 1.82) is 5.26 Å². The molecule has 0 saturated carbocycles. The molecule has 1 aromatic carbocycles. The van der Waals surface area contributed by atoms with Crippen LogP contribution in [0.3, 0.4) is 0 Å². The number of nitrogens with two attached hydrogens (primary N) is 1. The van der Waals surface area contributed by atoms with Gasteiger partial charge in [0, 0.05) is 10.0 Å². The van der Waals surface area contributed by atoms with Crippen LogP contribution < -0.4 is 5.73 Å². The first kappa shape index (κ1) is 11.8. The van der Waals surface area contributed by atoms with Gasteiger partial charge in [0.1, 0.15) is 0 Å². The maximum absolute atomic E-state index is 8.98. The van der Waals surface area contributed by atoms with E-state index in [0.717, 1.165) is 22.9 Å². The topological polar surface area (TPSA) is 49.8 Å². The molecular weight excluding hydrogens is 252 g/mol. The van der Waals surface area contributed by atoms with Gasteiger partial charge in [-0.15, -0.1) is 0 Å². The first-order chi connectivity index (χ1) is 7.20. The minimum atomic E-state index is 0.576. The molecule has 0 aliphatic carbocycles. The van der Waals surface area contributed by atoms with Crippen LogP contribution in [0.4, 0.5) is 0 Å². The molecule has 0 bridgehead atoms. The summed E-state index contributed by atoms with van der Waals surface area (Å²) >= 11 is 3.42. The van der Waals surface area contributed by atoms with Crippen LogP contribution in [0.15, 0.2) is 34.3 Å². The molecule has 0 aromatic heterocycles. The number of halogens is 1. The van der Waals surface area contributed by atoms with Gasteiger partial charge in [-0.1, -0.05) is 47.5 Å². The Kier molecular flexibility index (Phi) is 4.38. The second-order valence-corrected chi connectivity index (χ2v) is 4.09. The normalized spacial score (nSPS) is 11.8. The molecular formula is C12H13BrN2. The average molecular weight is 265 g/mol. The van der Waals surface area contributed by atoms with Gasteiger partial charge in [0.15, 0.2) is 0 Å². The lowest BCUT2D eigenvalue weighted by atomic mass is 10.0. The highest BCUT2D eigenvalue weighted by Crippen LogP contribution is 2.24. The van der Waals surface area contributed by atoms with Gasteiger partial charge in [-0.2, -0.15) is 5.26 Å². The molecule has 3 heteroatoms. The number of hydrogen-bond donors (Lipinski definition) is 1. The van der Waals surface area contributed by atoms with Crippen molar-refractivity contribution in [3.05, 3.63) is 39.9 Å². The van der Waals surface area contributed by atoms with E-state index in [1.807, 2.05) is 31.2 Å². The fraction of sp³-hybridized carbons (Fsp3) is 0.250. The summed E-state index contributed by atoms with van der Waals surface area (Å²) in [5, 5.41) is 8.98. The largest absolute Gasteiger partial charge is 0.397 e. The maximum atomic E-state index is 8.98. The minimum absolute atomic E-state index is 0.576. The van der Waals surface area contributed by atoms with Gasteiger partial charge < -0.3 is 5.73 Å². The zero-order valence-electron chi connectivity index (χ0n) is 8.63. The third kappa shape index (κ3) is 2.84. The molecule has 0 atom stereocenters. The standard InChI is InChI=1S/C12H13BrN2/c1-2-5-9(8-14)12(15)10-6-3-4-7-11(10)13/h3-4,6-7H,2,5,15H2,1H3/b12-9-. The van der Waals surface area contributed by atoms with E-state index in [2.05, 4.69) is 22.0 Å². The minimum Gasteiger partial charge on any atom is -0.397 e. The molecule has 0 radical (unpaired) electrons. The highest BCUT2D eigenvalue weighted by Gasteiger charge is 2.07. The number of nitriles is 1. The molecule has 0 amide bonds. The summed E-state index contributed by atoms with van der Waals surface area (Å²) in [4.78, 5) is 0. The quantitative estimate of drug-likeness (QED) is 0.851. The molecule has 0 heterocycles. The molecule has 0 spiro atoms. The van der Waals surface area contributed by atoms with Crippen molar-refractivity contribution in [1.82, 2.24) is 0 Å². The summed E-state index contributed by atoms with van der Waals surface area (Å²) in [7, 11) is 0. The SMILES string of the molecule is CCC/C(C#N)=C(/N)c1ccccc1Br. The van der Waals surface area contributed by atoms with Gasteiger partial charge in [-0.3, -0.25) is 0 Å². The average Bonchev–Trinajstić information content (AvgIpc) is 2.25. The molecule has 0 aliphatic rings. The molecule has 0 fully saturated rings. The Morgan fingerprint density at radius 1 is 1.47 bits per heavy atom. The van der Waals surface area contributed by atoms with E-state index in [1.165, 1.54) is 0 Å². The van der Waals surface area contributed by atoms with Crippen molar-refractivity contribution in [3.63, 3.8) is 0 Å². The lowest BCUT2D eigenvalue weighted by Gasteiger charge is -2.06. The van der Waals surface area contributed by atoms with Gasteiger partial charge in [0.2, 0.25) is 0 Å². The van der Waals surface area contributed by atoms with Crippen molar-refractivity contribution in [2.45, 2.75) is 19.8 Å². The van der Waals surface area contributed by atoms with Crippen LogP contribution in [-0.4, -0.2) is 0 Å². The van der Waals surface area contributed by atoms with Crippen molar-refractivity contribution in [3.8, 4) is 6.07 Å². The predicted octanol–water partition coefficient (Wildman–Crippen LogP) is 3.44. The molecule has 15 heavy (non-hydrogen) atoms. The predicted molar refractivity (Wildman–Crippen MR) is 65.8 cm³/mol. The first-order valence-electron chi connectivity index (χ1n) is 4.84. The lowest BCUT2D eigenvalue weighted by molar-refractivity contribution is 0.928. The Balaban J connectivity index is 3.18. The maximum Gasteiger partial charge on any atom is 0.0968 e. The fourth-order valence-electron chi connectivity index (χ4n) is 1.34. The van der Waals surface area contributed by atoms with Crippen LogP contribution >= 0.6 is 15.9 Å². The molecule has 0 saturated heterocycles. The van der Waals surface area contributed by atoms with E-state index in [0.29, 0.717) is 11.3 Å². The van der Waals surface area contributed by atoms with Gasteiger partial charge in [0.25, 0.3) is 0 Å². The first-order valence-corrected chi connectivity index (χ1v) is 5.63.